The fourth-order valence-electron chi connectivity index (χ4n) is 3.01. The van der Waals surface area contributed by atoms with Gasteiger partial charge in [-0.05, 0) is 50.8 Å². The second-order valence-electron chi connectivity index (χ2n) is 6.27. The minimum absolute atomic E-state index is 0.0859. The summed E-state index contributed by atoms with van der Waals surface area (Å²) in [6, 6.07) is 6.48. The van der Waals surface area contributed by atoms with E-state index in [9.17, 15) is 4.79 Å². The zero-order chi connectivity index (χ0) is 15.4. The largest absolute Gasteiger partial charge is 0.481 e. The van der Waals surface area contributed by atoms with E-state index in [-0.39, 0.29) is 5.91 Å². The van der Waals surface area contributed by atoms with E-state index in [2.05, 4.69) is 6.07 Å². The van der Waals surface area contributed by atoms with Crippen molar-refractivity contribution in [3.8, 4) is 5.75 Å². The molecular weight excluding hydrogens is 262 g/mol. The zero-order valence-corrected chi connectivity index (χ0v) is 13.7. The van der Waals surface area contributed by atoms with Gasteiger partial charge in [0.2, 0.25) is 0 Å². The van der Waals surface area contributed by atoms with Crippen molar-refractivity contribution < 1.29 is 9.53 Å². The van der Waals surface area contributed by atoms with Crippen molar-refractivity contribution in [2.45, 2.75) is 65.0 Å². The average molecular weight is 289 g/mol. The number of hydrogen-bond donors (Lipinski definition) is 0. The van der Waals surface area contributed by atoms with E-state index in [4.69, 9.17) is 4.74 Å². The summed E-state index contributed by atoms with van der Waals surface area (Å²) in [5.74, 6) is 0.899. The summed E-state index contributed by atoms with van der Waals surface area (Å²) in [6.45, 7) is 5.90. The maximum Gasteiger partial charge on any atom is 0.263 e. The molecule has 116 valence electrons. The number of ether oxygens (including phenoxy) is 1. The normalized spacial score (nSPS) is 17.3. The van der Waals surface area contributed by atoms with Crippen molar-refractivity contribution in [2.75, 3.05) is 7.05 Å². The zero-order valence-electron chi connectivity index (χ0n) is 13.7. The number of benzene rings is 1. The molecule has 1 amide bonds. The molecule has 0 bridgehead atoms. The number of carbonyl (C=O) groups excluding carboxylic acids is 1. The molecule has 0 aromatic heterocycles. The van der Waals surface area contributed by atoms with Crippen molar-refractivity contribution in [1.82, 2.24) is 4.90 Å². The van der Waals surface area contributed by atoms with Gasteiger partial charge in [0.05, 0.1) is 0 Å². The van der Waals surface area contributed by atoms with Gasteiger partial charge in [-0.25, -0.2) is 0 Å². The highest BCUT2D eigenvalue weighted by Gasteiger charge is 2.26. The fourth-order valence-corrected chi connectivity index (χ4v) is 3.01. The van der Waals surface area contributed by atoms with E-state index in [1.165, 1.54) is 19.3 Å². The van der Waals surface area contributed by atoms with Gasteiger partial charge in [0, 0.05) is 13.1 Å². The van der Waals surface area contributed by atoms with Gasteiger partial charge in [0.15, 0.2) is 6.10 Å². The van der Waals surface area contributed by atoms with Crippen LogP contribution in [0.2, 0.25) is 0 Å². The van der Waals surface area contributed by atoms with Crippen LogP contribution in [0.5, 0.6) is 5.75 Å². The van der Waals surface area contributed by atoms with Crippen LogP contribution in [0.15, 0.2) is 18.2 Å². The molecule has 2 rings (SSSR count). The molecule has 1 fully saturated rings. The predicted molar refractivity (Wildman–Crippen MR) is 85.6 cm³/mol. The molecule has 0 saturated heterocycles. The molecule has 1 aliphatic carbocycles. The Morgan fingerprint density at radius 3 is 2.57 bits per heavy atom. The van der Waals surface area contributed by atoms with Crippen molar-refractivity contribution >= 4 is 5.91 Å². The highest BCUT2D eigenvalue weighted by Crippen LogP contribution is 2.24. The smallest absolute Gasteiger partial charge is 0.263 e. The van der Waals surface area contributed by atoms with E-state index < -0.39 is 6.10 Å². The molecule has 3 heteroatoms. The second-order valence-corrected chi connectivity index (χ2v) is 6.27. The van der Waals surface area contributed by atoms with Crippen LogP contribution in [-0.2, 0) is 4.79 Å². The van der Waals surface area contributed by atoms with Crippen LogP contribution >= 0.6 is 0 Å². The monoisotopic (exact) mass is 289 g/mol. The van der Waals surface area contributed by atoms with Crippen LogP contribution in [0.3, 0.4) is 0 Å². The number of aryl methyl sites for hydroxylation is 2. The molecule has 0 unspecified atom stereocenters. The molecule has 3 nitrogen and oxygen atoms in total. The van der Waals surface area contributed by atoms with Gasteiger partial charge in [-0.2, -0.15) is 0 Å². The predicted octanol–water partition coefficient (Wildman–Crippen LogP) is 3.86. The first-order chi connectivity index (χ1) is 9.99. The van der Waals surface area contributed by atoms with E-state index in [0.29, 0.717) is 6.04 Å². The number of hydrogen-bond acceptors (Lipinski definition) is 2. The van der Waals surface area contributed by atoms with Gasteiger partial charge in [-0.15, -0.1) is 0 Å². The lowest BCUT2D eigenvalue weighted by Gasteiger charge is -2.33. The summed E-state index contributed by atoms with van der Waals surface area (Å²) in [6.07, 6.45) is 5.57. The SMILES string of the molecule is Cc1ccc(C)c(O[C@@H](C)C(=O)N(C)C2CCCCC2)c1. The molecule has 1 aliphatic rings. The van der Waals surface area contributed by atoms with E-state index in [1.807, 2.05) is 44.9 Å². The van der Waals surface area contributed by atoms with Gasteiger partial charge in [0.25, 0.3) is 5.91 Å². The molecule has 1 aromatic rings. The van der Waals surface area contributed by atoms with Gasteiger partial charge < -0.3 is 9.64 Å². The molecule has 0 spiro atoms. The van der Waals surface area contributed by atoms with E-state index in [0.717, 1.165) is 29.7 Å². The van der Waals surface area contributed by atoms with Crippen molar-refractivity contribution in [2.24, 2.45) is 0 Å². The molecule has 1 saturated carbocycles. The van der Waals surface area contributed by atoms with Crippen LogP contribution in [0, 0.1) is 13.8 Å². The van der Waals surface area contributed by atoms with Crippen molar-refractivity contribution in [3.63, 3.8) is 0 Å². The lowest BCUT2D eigenvalue weighted by atomic mass is 9.94. The van der Waals surface area contributed by atoms with E-state index >= 15 is 0 Å². The third kappa shape index (κ3) is 3.99. The summed E-state index contributed by atoms with van der Waals surface area (Å²) in [5, 5.41) is 0. The van der Waals surface area contributed by atoms with E-state index in [1.54, 1.807) is 0 Å². The van der Waals surface area contributed by atoms with Gasteiger partial charge in [-0.3, -0.25) is 4.79 Å². The van der Waals surface area contributed by atoms with Crippen LogP contribution in [0.4, 0.5) is 0 Å². The third-order valence-corrected chi connectivity index (χ3v) is 4.47. The molecule has 1 atom stereocenters. The van der Waals surface area contributed by atoms with Crippen LogP contribution in [0.1, 0.15) is 50.2 Å². The molecule has 1 aromatic carbocycles. The molecule has 0 aliphatic heterocycles. The minimum atomic E-state index is -0.433. The first-order valence-electron chi connectivity index (χ1n) is 7.99. The Morgan fingerprint density at radius 2 is 1.90 bits per heavy atom. The lowest BCUT2D eigenvalue weighted by molar-refractivity contribution is -0.139. The van der Waals surface area contributed by atoms with Gasteiger partial charge >= 0.3 is 0 Å². The Balaban J connectivity index is 1.99. The summed E-state index contributed by atoms with van der Waals surface area (Å²) in [7, 11) is 1.92. The molecule has 0 heterocycles. The number of likely N-dealkylation sites (N-methyl/N-ethyl adjacent to an activating group) is 1. The lowest BCUT2D eigenvalue weighted by Crippen LogP contribution is -2.44. The number of nitrogens with zero attached hydrogens (tertiary/aromatic N) is 1. The highest BCUT2D eigenvalue weighted by atomic mass is 16.5. The standard InChI is InChI=1S/C18H27NO2/c1-13-10-11-14(2)17(12-13)21-15(3)18(20)19(4)16-8-6-5-7-9-16/h10-12,15-16H,5-9H2,1-4H3/t15-/m0/s1. The van der Waals surface area contributed by atoms with Gasteiger partial charge in [-0.1, -0.05) is 31.4 Å². The van der Waals surface area contributed by atoms with Crippen molar-refractivity contribution in [3.05, 3.63) is 29.3 Å². The summed E-state index contributed by atoms with van der Waals surface area (Å²) in [4.78, 5) is 14.4. The Labute approximate surface area is 128 Å². The average Bonchev–Trinajstić information content (AvgIpc) is 2.50. The Hall–Kier alpha value is -1.51. The first-order valence-corrected chi connectivity index (χ1v) is 7.99. The molecule has 0 radical (unpaired) electrons. The Kier molecular flexibility index (Phi) is 5.27. The number of carbonyl (C=O) groups is 1. The van der Waals surface area contributed by atoms with Crippen LogP contribution in [0.25, 0.3) is 0 Å². The van der Waals surface area contributed by atoms with Crippen LogP contribution in [-0.4, -0.2) is 30.0 Å². The maximum absolute atomic E-state index is 12.5. The molecule has 0 N–H and O–H groups in total. The molecular formula is C18H27NO2. The number of amides is 1. The quantitative estimate of drug-likeness (QED) is 0.842. The topological polar surface area (TPSA) is 29.5 Å². The van der Waals surface area contributed by atoms with Crippen molar-refractivity contribution in [1.29, 1.82) is 0 Å². The van der Waals surface area contributed by atoms with Crippen LogP contribution < -0.4 is 4.74 Å². The van der Waals surface area contributed by atoms with Gasteiger partial charge in [0.1, 0.15) is 5.75 Å². The number of rotatable bonds is 4. The fraction of sp³-hybridized carbons (Fsp3) is 0.611. The minimum Gasteiger partial charge on any atom is -0.481 e. The Bertz CT molecular complexity index is 492. The highest BCUT2D eigenvalue weighted by molar-refractivity contribution is 5.81. The second kappa shape index (κ2) is 6.97. The maximum atomic E-state index is 12.5. The first kappa shape index (κ1) is 15.9. The summed E-state index contributed by atoms with van der Waals surface area (Å²) >= 11 is 0. The third-order valence-electron chi connectivity index (χ3n) is 4.47. The molecule has 21 heavy (non-hydrogen) atoms. The summed E-state index contributed by atoms with van der Waals surface area (Å²) < 4.78 is 5.91. The Morgan fingerprint density at radius 1 is 1.24 bits per heavy atom. The summed E-state index contributed by atoms with van der Waals surface area (Å²) in [5.41, 5.74) is 2.22.